The molecule has 0 radical (unpaired) electrons. The molecule has 3 nitrogen and oxygen atoms in total. The number of hydrogen-bond acceptors (Lipinski definition) is 3. The lowest BCUT2D eigenvalue weighted by atomic mass is 10.0. The molecule has 0 aliphatic carbocycles. The van der Waals surface area contributed by atoms with E-state index < -0.39 is 0 Å². The Hall–Kier alpha value is -1.37. The predicted octanol–water partition coefficient (Wildman–Crippen LogP) is 2.61. The van der Waals surface area contributed by atoms with E-state index in [0.29, 0.717) is 13.0 Å². The van der Waals surface area contributed by atoms with E-state index in [1.54, 1.807) is 7.11 Å². The SMILES string of the molecule is COC[C@@H](CC#N)N(C)[C@H](C)c1ccccc1. The zero-order chi connectivity index (χ0) is 12.7. The largest absolute Gasteiger partial charge is 0.383 e. The molecule has 0 saturated carbocycles. The Morgan fingerprint density at radius 2 is 2.00 bits per heavy atom. The summed E-state index contributed by atoms with van der Waals surface area (Å²) >= 11 is 0. The lowest BCUT2D eigenvalue weighted by Gasteiger charge is -2.31. The second kappa shape index (κ2) is 7.05. The summed E-state index contributed by atoms with van der Waals surface area (Å²) in [6.07, 6.45) is 0.488. The lowest BCUT2D eigenvalue weighted by Crippen LogP contribution is -2.37. The first-order chi connectivity index (χ1) is 8.20. The summed E-state index contributed by atoms with van der Waals surface area (Å²) in [4.78, 5) is 2.20. The maximum atomic E-state index is 8.83. The van der Waals surface area contributed by atoms with Gasteiger partial charge in [-0.05, 0) is 19.5 Å². The molecule has 0 amide bonds. The van der Waals surface area contributed by atoms with E-state index in [1.165, 1.54) is 5.56 Å². The quantitative estimate of drug-likeness (QED) is 0.756. The van der Waals surface area contributed by atoms with Crippen LogP contribution in [0.2, 0.25) is 0 Å². The van der Waals surface area contributed by atoms with Crippen LogP contribution < -0.4 is 0 Å². The van der Waals surface area contributed by atoms with E-state index in [2.05, 4.69) is 30.0 Å². The van der Waals surface area contributed by atoms with Crippen LogP contribution in [0.25, 0.3) is 0 Å². The standard InChI is InChI=1S/C14H20N2O/c1-12(13-7-5-4-6-8-13)16(2)14(9-10-15)11-17-3/h4-8,12,14H,9,11H2,1-3H3/t12-,14-/m1/s1. The van der Waals surface area contributed by atoms with Crippen LogP contribution in [-0.4, -0.2) is 31.7 Å². The molecular weight excluding hydrogens is 212 g/mol. The number of nitriles is 1. The van der Waals surface area contributed by atoms with Gasteiger partial charge in [0.25, 0.3) is 0 Å². The van der Waals surface area contributed by atoms with Crippen LogP contribution in [-0.2, 0) is 4.74 Å². The fourth-order valence-electron chi connectivity index (χ4n) is 1.90. The van der Waals surface area contributed by atoms with Gasteiger partial charge in [0.05, 0.1) is 19.1 Å². The molecule has 0 unspecified atom stereocenters. The van der Waals surface area contributed by atoms with Gasteiger partial charge in [0, 0.05) is 19.2 Å². The average molecular weight is 232 g/mol. The third kappa shape index (κ3) is 3.85. The molecule has 1 rings (SSSR count). The molecule has 0 bridgehead atoms. The van der Waals surface area contributed by atoms with Crippen LogP contribution in [0.15, 0.2) is 30.3 Å². The maximum Gasteiger partial charge on any atom is 0.0639 e. The zero-order valence-electron chi connectivity index (χ0n) is 10.8. The first-order valence-electron chi connectivity index (χ1n) is 5.83. The third-order valence-corrected chi connectivity index (χ3v) is 3.15. The Morgan fingerprint density at radius 3 is 2.53 bits per heavy atom. The molecule has 1 aromatic rings. The molecular formula is C14H20N2O. The van der Waals surface area contributed by atoms with Crippen molar-refractivity contribution in [2.75, 3.05) is 20.8 Å². The van der Waals surface area contributed by atoms with Gasteiger partial charge in [0.15, 0.2) is 0 Å². The topological polar surface area (TPSA) is 36.3 Å². The van der Waals surface area contributed by atoms with Crippen LogP contribution in [0.4, 0.5) is 0 Å². The monoisotopic (exact) mass is 232 g/mol. The fourth-order valence-corrected chi connectivity index (χ4v) is 1.90. The predicted molar refractivity (Wildman–Crippen MR) is 68.5 cm³/mol. The zero-order valence-corrected chi connectivity index (χ0v) is 10.8. The Bertz CT molecular complexity index is 358. The minimum Gasteiger partial charge on any atom is -0.383 e. The molecule has 0 aromatic heterocycles. The normalized spacial score (nSPS) is 14.3. The van der Waals surface area contributed by atoms with Crippen molar-refractivity contribution in [2.45, 2.75) is 25.4 Å². The van der Waals surface area contributed by atoms with Crippen LogP contribution in [0.3, 0.4) is 0 Å². The summed E-state index contributed by atoms with van der Waals surface area (Å²) in [5.74, 6) is 0. The Morgan fingerprint density at radius 1 is 1.35 bits per heavy atom. The molecule has 0 aliphatic rings. The number of nitrogens with zero attached hydrogens (tertiary/aromatic N) is 2. The van der Waals surface area contributed by atoms with Crippen LogP contribution in [0.1, 0.15) is 24.9 Å². The van der Waals surface area contributed by atoms with Crippen LogP contribution >= 0.6 is 0 Å². The minimum absolute atomic E-state index is 0.139. The second-order valence-corrected chi connectivity index (χ2v) is 4.22. The summed E-state index contributed by atoms with van der Waals surface area (Å²) in [5.41, 5.74) is 1.26. The van der Waals surface area contributed by atoms with Crippen molar-refractivity contribution in [3.63, 3.8) is 0 Å². The summed E-state index contributed by atoms with van der Waals surface area (Å²) in [7, 11) is 3.71. The Labute approximate surface area is 104 Å². The van der Waals surface area contributed by atoms with Crippen LogP contribution in [0, 0.1) is 11.3 Å². The summed E-state index contributed by atoms with van der Waals surface area (Å²) in [6.45, 7) is 2.73. The molecule has 0 heterocycles. The highest BCUT2D eigenvalue weighted by molar-refractivity contribution is 5.18. The third-order valence-electron chi connectivity index (χ3n) is 3.15. The Kier molecular flexibility index (Phi) is 5.68. The van der Waals surface area contributed by atoms with Gasteiger partial charge < -0.3 is 4.74 Å². The number of ether oxygens (including phenoxy) is 1. The number of likely N-dealkylation sites (N-methyl/N-ethyl adjacent to an activating group) is 1. The van der Waals surface area contributed by atoms with Gasteiger partial charge in [-0.25, -0.2) is 0 Å². The van der Waals surface area contributed by atoms with Crippen molar-refractivity contribution >= 4 is 0 Å². The molecule has 0 saturated heterocycles. The van der Waals surface area contributed by atoms with E-state index in [0.717, 1.165) is 0 Å². The van der Waals surface area contributed by atoms with Crippen molar-refractivity contribution in [1.82, 2.24) is 4.90 Å². The van der Waals surface area contributed by atoms with Gasteiger partial charge in [-0.3, -0.25) is 4.90 Å². The number of hydrogen-bond donors (Lipinski definition) is 0. The molecule has 0 spiro atoms. The van der Waals surface area contributed by atoms with Crippen LogP contribution in [0.5, 0.6) is 0 Å². The fraction of sp³-hybridized carbons (Fsp3) is 0.500. The van der Waals surface area contributed by atoms with E-state index in [4.69, 9.17) is 10.00 Å². The van der Waals surface area contributed by atoms with Gasteiger partial charge in [-0.2, -0.15) is 5.26 Å². The molecule has 3 heteroatoms. The lowest BCUT2D eigenvalue weighted by molar-refractivity contribution is 0.0865. The van der Waals surface area contributed by atoms with E-state index in [9.17, 15) is 0 Å². The first-order valence-corrected chi connectivity index (χ1v) is 5.83. The van der Waals surface area contributed by atoms with Gasteiger partial charge >= 0.3 is 0 Å². The van der Waals surface area contributed by atoms with E-state index >= 15 is 0 Å². The van der Waals surface area contributed by atoms with Crippen molar-refractivity contribution in [3.05, 3.63) is 35.9 Å². The van der Waals surface area contributed by atoms with Gasteiger partial charge in [-0.15, -0.1) is 0 Å². The first kappa shape index (κ1) is 13.7. The molecule has 1 aromatic carbocycles. The smallest absolute Gasteiger partial charge is 0.0639 e. The minimum atomic E-state index is 0.139. The molecule has 0 fully saturated rings. The highest BCUT2D eigenvalue weighted by atomic mass is 16.5. The highest BCUT2D eigenvalue weighted by Crippen LogP contribution is 2.21. The summed E-state index contributed by atoms with van der Waals surface area (Å²) in [5, 5.41) is 8.83. The van der Waals surface area contributed by atoms with Crippen molar-refractivity contribution in [3.8, 4) is 6.07 Å². The molecule has 17 heavy (non-hydrogen) atoms. The van der Waals surface area contributed by atoms with E-state index in [-0.39, 0.29) is 12.1 Å². The van der Waals surface area contributed by atoms with Crippen molar-refractivity contribution in [2.24, 2.45) is 0 Å². The van der Waals surface area contributed by atoms with Crippen molar-refractivity contribution < 1.29 is 4.74 Å². The number of benzene rings is 1. The molecule has 92 valence electrons. The summed E-state index contributed by atoms with van der Waals surface area (Å²) in [6, 6.07) is 12.9. The average Bonchev–Trinajstić information content (AvgIpc) is 2.38. The molecule has 2 atom stereocenters. The Balaban J connectivity index is 2.73. The second-order valence-electron chi connectivity index (χ2n) is 4.22. The van der Waals surface area contributed by atoms with Crippen molar-refractivity contribution in [1.29, 1.82) is 5.26 Å². The van der Waals surface area contributed by atoms with Gasteiger partial charge in [-0.1, -0.05) is 30.3 Å². The van der Waals surface area contributed by atoms with E-state index in [1.807, 2.05) is 25.2 Å². The summed E-state index contributed by atoms with van der Waals surface area (Å²) < 4.78 is 5.17. The molecule has 0 aliphatic heterocycles. The molecule has 0 N–H and O–H groups in total. The maximum absolute atomic E-state index is 8.83. The van der Waals surface area contributed by atoms with Gasteiger partial charge in [0.1, 0.15) is 0 Å². The highest BCUT2D eigenvalue weighted by Gasteiger charge is 2.20. The number of methoxy groups -OCH3 is 1. The van der Waals surface area contributed by atoms with Gasteiger partial charge in [0.2, 0.25) is 0 Å². The number of rotatable bonds is 6.